The van der Waals surface area contributed by atoms with E-state index in [-0.39, 0.29) is 12.0 Å². The molecule has 6 nitrogen and oxygen atoms in total. The van der Waals surface area contributed by atoms with Gasteiger partial charge < -0.3 is 14.2 Å². The number of hydrazone groups is 1. The number of hydrogen-bond donors (Lipinski definition) is 1. The minimum Gasteiger partial charge on any atom is -0.494 e. The molecule has 0 bridgehead atoms. The molecular formula is C21H25ClN2O4. The third-order valence-electron chi connectivity index (χ3n) is 3.49. The molecule has 7 heteroatoms. The van der Waals surface area contributed by atoms with Crippen LogP contribution in [0.5, 0.6) is 17.2 Å². The van der Waals surface area contributed by atoms with Gasteiger partial charge in [-0.15, -0.1) is 0 Å². The van der Waals surface area contributed by atoms with Crippen molar-refractivity contribution in [1.29, 1.82) is 0 Å². The molecule has 0 aliphatic rings. The predicted octanol–water partition coefficient (Wildman–Crippen LogP) is 4.69. The first kappa shape index (κ1) is 21.6. The monoisotopic (exact) mass is 404 g/mol. The molecule has 0 aliphatic heterocycles. The Labute approximate surface area is 170 Å². The van der Waals surface area contributed by atoms with E-state index in [1.54, 1.807) is 36.4 Å². The van der Waals surface area contributed by atoms with Gasteiger partial charge in [0.05, 0.1) is 30.6 Å². The molecule has 1 amide bonds. The van der Waals surface area contributed by atoms with Crippen molar-refractivity contribution in [3.05, 3.63) is 52.5 Å². The lowest BCUT2D eigenvalue weighted by molar-refractivity contribution is 0.0955. The summed E-state index contributed by atoms with van der Waals surface area (Å²) in [6, 6.07) is 10.3. The third-order valence-corrected chi connectivity index (χ3v) is 3.77. The molecule has 1 N–H and O–H groups in total. The molecule has 150 valence electrons. The first-order valence-electron chi connectivity index (χ1n) is 9.13. The Morgan fingerprint density at radius 1 is 1.14 bits per heavy atom. The van der Waals surface area contributed by atoms with Crippen molar-refractivity contribution < 1.29 is 19.0 Å². The van der Waals surface area contributed by atoms with Crippen LogP contribution in [0.4, 0.5) is 0 Å². The van der Waals surface area contributed by atoms with Crippen LogP contribution in [0.25, 0.3) is 0 Å². The molecule has 0 unspecified atom stereocenters. The van der Waals surface area contributed by atoms with Crippen molar-refractivity contribution in [1.82, 2.24) is 5.43 Å². The lowest BCUT2D eigenvalue weighted by atomic mass is 10.2. The fraction of sp³-hybridized carbons (Fsp3) is 0.333. The van der Waals surface area contributed by atoms with Gasteiger partial charge in [-0.2, -0.15) is 5.10 Å². The van der Waals surface area contributed by atoms with Crippen molar-refractivity contribution in [2.45, 2.75) is 33.8 Å². The summed E-state index contributed by atoms with van der Waals surface area (Å²) in [6.07, 6.45) is 1.46. The summed E-state index contributed by atoms with van der Waals surface area (Å²) in [4.78, 5) is 12.2. The van der Waals surface area contributed by atoms with Gasteiger partial charge >= 0.3 is 0 Å². The summed E-state index contributed by atoms with van der Waals surface area (Å²) in [5.74, 6) is 1.41. The highest BCUT2D eigenvalue weighted by Crippen LogP contribution is 2.37. The largest absolute Gasteiger partial charge is 0.494 e. The zero-order chi connectivity index (χ0) is 20.5. The maximum atomic E-state index is 12.2. The van der Waals surface area contributed by atoms with Crippen LogP contribution in [-0.4, -0.2) is 31.4 Å². The molecule has 2 aromatic rings. The summed E-state index contributed by atoms with van der Waals surface area (Å²) < 4.78 is 16.7. The average molecular weight is 405 g/mol. The molecule has 2 rings (SSSR count). The SMILES string of the molecule is CCOc1ccc(C(=O)N/N=C/c2cc(Cl)c(OC(C)C)c(OCC)c2)cc1. The van der Waals surface area contributed by atoms with E-state index in [9.17, 15) is 4.79 Å². The number of rotatable bonds is 9. The number of nitrogens with one attached hydrogen (secondary N) is 1. The van der Waals surface area contributed by atoms with E-state index in [2.05, 4.69) is 10.5 Å². The van der Waals surface area contributed by atoms with Gasteiger partial charge in [0.25, 0.3) is 5.91 Å². The Kier molecular flexibility index (Phi) is 8.14. The summed E-state index contributed by atoms with van der Waals surface area (Å²) in [6.45, 7) is 8.66. The van der Waals surface area contributed by atoms with Crippen LogP contribution in [0, 0.1) is 0 Å². The summed E-state index contributed by atoms with van der Waals surface area (Å²) in [7, 11) is 0. The summed E-state index contributed by atoms with van der Waals surface area (Å²) in [5.41, 5.74) is 3.65. The maximum absolute atomic E-state index is 12.2. The number of amides is 1. The molecule has 0 spiro atoms. The second-order valence-electron chi connectivity index (χ2n) is 6.09. The Morgan fingerprint density at radius 2 is 1.82 bits per heavy atom. The van der Waals surface area contributed by atoms with Gasteiger partial charge in [-0.3, -0.25) is 4.79 Å². The number of benzene rings is 2. The van der Waals surface area contributed by atoms with Crippen molar-refractivity contribution >= 4 is 23.7 Å². The van der Waals surface area contributed by atoms with Crippen molar-refractivity contribution in [2.24, 2.45) is 5.10 Å². The predicted molar refractivity (Wildman–Crippen MR) is 111 cm³/mol. The van der Waals surface area contributed by atoms with Crippen LogP contribution >= 0.6 is 11.6 Å². The number of carbonyl (C=O) groups is 1. The van der Waals surface area contributed by atoms with E-state index in [1.165, 1.54) is 6.21 Å². The van der Waals surface area contributed by atoms with Gasteiger partial charge in [-0.05, 0) is 69.7 Å². The van der Waals surface area contributed by atoms with Crippen molar-refractivity contribution in [3.63, 3.8) is 0 Å². The average Bonchev–Trinajstić information content (AvgIpc) is 2.65. The minimum atomic E-state index is -0.324. The third kappa shape index (κ3) is 6.16. The fourth-order valence-corrected chi connectivity index (χ4v) is 2.64. The smallest absolute Gasteiger partial charge is 0.271 e. The molecule has 28 heavy (non-hydrogen) atoms. The number of carbonyl (C=O) groups excluding carboxylic acids is 1. The molecule has 0 atom stereocenters. The van der Waals surface area contributed by atoms with Gasteiger partial charge in [0.2, 0.25) is 0 Å². The fourth-order valence-electron chi connectivity index (χ4n) is 2.37. The summed E-state index contributed by atoms with van der Waals surface area (Å²) >= 11 is 6.33. The number of ether oxygens (including phenoxy) is 3. The van der Waals surface area contributed by atoms with Crippen LogP contribution < -0.4 is 19.6 Å². The molecule has 0 aromatic heterocycles. The minimum absolute atomic E-state index is 0.0374. The van der Waals surface area contributed by atoms with E-state index >= 15 is 0 Å². The lowest BCUT2D eigenvalue weighted by Gasteiger charge is -2.16. The second kappa shape index (κ2) is 10.6. The molecule has 0 fully saturated rings. The van der Waals surface area contributed by atoms with E-state index in [4.69, 9.17) is 25.8 Å². The highest BCUT2D eigenvalue weighted by molar-refractivity contribution is 6.32. The van der Waals surface area contributed by atoms with Crippen LogP contribution in [0.1, 0.15) is 43.6 Å². The standard InChI is InChI=1S/C21H25ClN2O4/c1-5-26-17-9-7-16(8-10-17)21(25)24-23-13-15-11-18(22)20(28-14(3)4)19(12-15)27-6-2/h7-14H,5-6H2,1-4H3,(H,24,25)/b23-13+. The van der Waals surface area contributed by atoms with Gasteiger partial charge in [0.1, 0.15) is 5.75 Å². The summed E-state index contributed by atoms with van der Waals surface area (Å²) in [5, 5.41) is 4.41. The number of hydrogen-bond acceptors (Lipinski definition) is 5. The molecule has 2 aromatic carbocycles. The van der Waals surface area contributed by atoms with Gasteiger partial charge in [0.15, 0.2) is 11.5 Å². The highest BCUT2D eigenvalue weighted by Gasteiger charge is 2.13. The van der Waals surface area contributed by atoms with E-state index in [1.807, 2.05) is 27.7 Å². The quantitative estimate of drug-likeness (QED) is 0.486. The van der Waals surface area contributed by atoms with Crippen molar-refractivity contribution in [2.75, 3.05) is 13.2 Å². The zero-order valence-corrected chi connectivity index (χ0v) is 17.2. The highest BCUT2D eigenvalue weighted by atomic mass is 35.5. The Balaban J connectivity index is 2.09. The van der Waals surface area contributed by atoms with Crippen LogP contribution in [0.15, 0.2) is 41.5 Å². The lowest BCUT2D eigenvalue weighted by Crippen LogP contribution is -2.17. The maximum Gasteiger partial charge on any atom is 0.271 e. The molecule has 0 aliphatic carbocycles. The van der Waals surface area contributed by atoms with Gasteiger partial charge in [-0.25, -0.2) is 5.43 Å². The molecule has 0 saturated carbocycles. The molecule has 0 radical (unpaired) electrons. The number of nitrogens with zero attached hydrogens (tertiary/aromatic N) is 1. The molecule has 0 heterocycles. The topological polar surface area (TPSA) is 69.2 Å². The van der Waals surface area contributed by atoms with E-state index in [0.717, 1.165) is 0 Å². The normalized spacial score (nSPS) is 10.9. The van der Waals surface area contributed by atoms with Crippen LogP contribution in [0.2, 0.25) is 5.02 Å². The Morgan fingerprint density at radius 3 is 2.43 bits per heavy atom. The second-order valence-corrected chi connectivity index (χ2v) is 6.49. The van der Waals surface area contributed by atoms with Gasteiger partial charge in [-0.1, -0.05) is 11.6 Å². The van der Waals surface area contributed by atoms with Crippen molar-refractivity contribution in [3.8, 4) is 17.2 Å². The van der Waals surface area contributed by atoms with Crippen LogP contribution in [-0.2, 0) is 0 Å². The van der Waals surface area contributed by atoms with E-state index in [0.29, 0.717) is 46.6 Å². The van der Waals surface area contributed by atoms with Crippen LogP contribution in [0.3, 0.4) is 0 Å². The number of halogens is 1. The Hall–Kier alpha value is -2.73. The van der Waals surface area contributed by atoms with Gasteiger partial charge in [0, 0.05) is 5.56 Å². The zero-order valence-electron chi connectivity index (χ0n) is 16.5. The van der Waals surface area contributed by atoms with E-state index < -0.39 is 0 Å². The first-order chi connectivity index (χ1) is 13.4. The Bertz CT molecular complexity index is 820. The first-order valence-corrected chi connectivity index (χ1v) is 9.51. The molecule has 0 saturated heterocycles. The molecular weight excluding hydrogens is 380 g/mol.